The summed E-state index contributed by atoms with van der Waals surface area (Å²) in [6, 6.07) is 0. The highest BCUT2D eigenvalue weighted by Gasteiger charge is 2.61. The van der Waals surface area contributed by atoms with Crippen molar-refractivity contribution >= 4 is 5.78 Å². The summed E-state index contributed by atoms with van der Waals surface area (Å²) in [5.41, 5.74) is -0.616. The first-order valence-corrected chi connectivity index (χ1v) is 9.36. The van der Waals surface area contributed by atoms with Crippen LogP contribution in [0.5, 0.6) is 0 Å². The van der Waals surface area contributed by atoms with Gasteiger partial charge in [0, 0.05) is 18.3 Å². The molecule has 4 aliphatic carbocycles. The summed E-state index contributed by atoms with van der Waals surface area (Å²) in [4.78, 5) is 11.8. The van der Waals surface area contributed by atoms with Gasteiger partial charge in [0.25, 0.3) is 0 Å². The third kappa shape index (κ3) is 1.85. The van der Waals surface area contributed by atoms with Crippen molar-refractivity contribution in [3.63, 3.8) is 0 Å². The highest BCUT2D eigenvalue weighted by Crippen LogP contribution is 2.65. The van der Waals surface area contributed by atoms with Gasteiger partial charge in [0.2, 0.25) is 0 Å². The van der Waals surface area contributed by atoms with Crippen molar-refractivity contribution < 1.29 is 9.90 Å². The smallest absolute Gasteiger partial charge is 0.133 e. The van der Waals surface area contributed by atoms with Crippen LogP contribution in [0.25, 0.3) is 0 Å². The molecule has 4 rings (SSSR count). The lowest BCUT2D eigenvalue weighted by atomic mass is 9.49. The summed E-state index contributed by atoms with van der Waals surface area (Å²) < 4.78 is 0. The molecule has 2 nitrogen and oxygen atoms in total. The molecule has 4 saturated carbocycles. The van der Waals surface area contributed by atoms with Crippen molar-refractivity contribution in [2.75, 3.05) is 0 Å². The molecular weight excluding hydrogens is 272 g/mol. The summed E-state index contributed by atoms with van der Waals surface area (Å²) >= 11 is 0. The lowest BCUT2D eigenvalue weighted by molar-refractivity contribution is -0.131. The zero-order chi connectivity index (χ0) is 15.5. The van der Waals surface area contributed by atoms with Gasteiger partial charge in [0.05, 0.1) is 5.60 Å². The Hall–Kier alpha value is -0.630. The van der Waals surface area contributed by atoms with E-state index in [1.54, 1.807) is 0 Å². The number of fused-ring (bicyclic) bond motifs is 5. The Morgan fingerprint density at radius 3 is 2.68 bits per heavy atom. The second-order valence-electron chi connectivity index (χ2n) is 8.84. The van der Waals surface area contributed by atoms with Crippen LogP contribution in [-0.4, -0.2) is 16.5 Å². The summed E-state index contributed by atoms with van der Waals surface area (Å²) in [7, 11) is 0. The van der Waals surface area contributed by atoms with Crippen LogP contribution < -0.4 is 0 Å². The van der Waals surface area contributed by atoms with Gasteiger partial charge in [-0.05, 0) is 74.5 Å². The molecule has 0 aliphatic heterocycles. The molecule has 0 aromatic heterocycles. The molecule has 0 aromatic rings. The summed E-state index contributed by atoms with van der Waals surface area (Å²) in [6.45, 7) is 6.26. The van der Waals surface area contributed by atoms with E-state index in [1.165, 1.54) is 19.3 Å². The number of carbonyl (C=O) groups excluding carboxylic acids is 1. The zero-order valence-corrected chi connectivity index (χ0v) is 13.9. The van der Waals surface area contributed by atoms with Gasteiger partial charge >= 0.3 is 0 Å². The van der Waals surface area contributed by atoms with Gasteiger partial charge < -0.3 is 5.11 Å². The van der Waals surface area contributed by atoms with Gasteiger partial charge in [0.1, 0.15) is 5.78 Å². The summed E-state index contributed by atoms with van der Waals surface area (Å²) in [6.07, 6.45) is 11.6. The quantitative estimate of drug-likeness (QED) is 0.740. The number of carbonyl (C=O) groups is 1. The molecule has 0 bridgehead atoms. The highest BCUT2D eigenvalue weighted by atomic mass is 16.3. The molecule has 4 aliphatic rings. The van der Waals surface area contributed by atoms with Gasteiger partial charge in [-0.3, -0.25) is 4.79 Å². The molecule has 2 heteroatoms. The number of rotatable bonds is 1. The predicted molar refractivity (Wildman–Crippen MR) is 87.3 cm³/mol. The van der Waals surface area contributed by atoms with E-state index in [-0.39, 0.29) is 5.41 Å². The first kappa shape index (κ1) is 14.9. The molecule has 0 heterocycles. The van der Waals surface area contributed by atoms with Crippen LogP contribution >= 0.6 is 0 Å². The molecule has 0 aromatic carbocycles. The van der Waals surface area contributed by atoms with E-state index in [1.807, 2.05) is 6.08 Å². The van der Waals surface area contributed by atoms with Crippen LogP contribution in [0.4, 0.5) is 0 Å². The normalized spacial score (nSPS) is 54.3. The topological polar surface area (TPSA) is 37.3 Å². The Kier molecular flexibility index (Phi) is 3.35. The maximum Gasteiger partial charge on any atom is 0.133 e. The number of hydrogen-bond acceptors (Lipinski definition) is 2. The molecule has 0 saturated heterocycles. The van der Waals surface area contributed by atoms with E-state index in [2.05, 4.69) is 13.5 Å². The zero-order valence-electron chi connectivity index (χ0n) is 13.9. The minimum atomic E-state index is -0.651. The van der Waals surface area contributed by atoms with Crippen LogP contribution in [0.2, 0.25) is 0 Å². The molecule has 0 amide bonds. The number of ketones is 1. The molecule has 122 valence electrons. The average molecular weight is 302 g/mol. The van der Waals surface area contributed by atoms with Crippen molar-refractivity contribution in [1.29, 1.82) is 0 Å². The largest absolute Gasteiger partial charge is 0.385 e. The fourth-order valence-corrected chi connectivity index (χ4v) is 7.05. The number of Topliss-reactive ketones (excluding diaryl/α,β-unsaturated/α-hetero) is 1. The third-order valence-corrected chi connectivity index (χ3v) is 8.32. The maximum absolute atomic E-state index is 11.8. The number of aliphatic hydroxyl groups is 1. The number of hydrogen-bond donors (Lipinski definition) is 1. The molecule has 4 fully saturated rings. The van der Waals surface area contributed by atoms with E-state index in [9.17, 15) is 9.90 Å². The van der Waals surface area contributed by atoms with E-state index in [4.69, 9.17) is 0 Å². The molecule has 0 spiro atoms. The fourth-order valence-electron chi connectivity index (χ4n) is 7.05. The average Bonchev–Trinajstić information content (AvgIpc) is 2.79. The lowest BCUT2D eigenvalue weighted by Gasteiger charge is -2.56. The van der Waals surface area contributed by atoms with Crippen molar-refractivity contribution in [3.05, 3.63) is 12.7 Å². The standard InChI is InChI=1S/C20H30O2/c1-3-20(22)11-9-18-17-6-4-13-12-14(21)5-7-15(13)16(17)8-10-19(18,20)2/h3,13,15-18,22H,1,4-12H2,2H3/t13?,15-,16+,17+,18-,19-,20-/m0/s1. The van der Waals surface area contributed by atoms with Crippen molar-refractivity contribution in [1.82, 2.24) is 0 Å². The SMILES string of the molecule is C=C[C@]1(O)CC[C@H]2[C@@H]3CCC4CC(=O)CC[C@@H]4[C@H]3CC[C@@]21C. The third-order valence-electron chi connectivity index (χ3n) is 8.32. The van der Waals surface area contributed by atoms with Gasteiger partial charge in [0.15, 0.2) is 0 Å². The molecular formula is C20H30O2. The minimum Gasteiger partial charge on any atom is -0.385 e. The Balaban J connectivity index is 1.60. The summed E-state index contributed by atoms with van der Waals surface area (Å²) in [5.74, 6) is 4.22. The molecule has 22 heavy (non-hydrogen) atoms. The molecule has 7 atom stereocenters. The van der Waals surface area contributed by atoms with Crippen LogP contribution in [0.15, 0.2) is 12.7 Å². The van der Waals surface area contributed by atoms with Crippen molar-refractivity contribution in [2.24, 2.45) is 35.0 Å². The molecule has 0 radical (unpaired) electrons. The van der Waals surface area contributed by atoms with E-state index in [0.717, 1.165) is 56.3 Å². The minimum absolute atomic E-state index is 0.0350. The Labute approximate surface area is 134 Å². The first-order chi connectivity index (χ1) is 10.5. The van der Waals surface area contributed by atoms with Crippen LogP contribution in [0.1, 0.15) is 64.7 Å². The fraction of sp³-hybridized carbons (Fsp3) is 0.850. The second-order valence-corrected chi connectivity index (χ2v) is 8.84. The van der Waals surface area contributed by atoms with E-state index < -0.39 is 5.60 Å². The summed E-state index contributed by atoms with van der Waals surface area (Å²) in [5, 5.41) is 11.0. The molecule has 1 N–H and O–H groups in total. The van der Waals surface area contributed by atoms with Crippen LogP contribution in [-0.2, 0) is 4.79 Å². The van der Waals surface area contributed by atoms with E-state index >= 15 is 0 Å². The van der Waals surface area contributed by atoms with Gasteiger partial charge in [-0.15, -0.1) is 6.58 Å². The lowest BCUT2D eigenvalue weighted by Crippen LogP contribution is -2.53. The van der Waals surface area contributed by atoms with Gasteiger partial charge in [-0.1, -0.05) is 13.0 Å². The van der Waals surface area contributed by atoms with Crippen LogP contribution in [0.3, 0.4) is 0 Å². The Morgan fingerprint density at radius 2 is 1.91 bits per heavy atom. The highest BCUT2D eigenvalue weighted by molar-refractivity contribution is 5.79. The van der Waals surface area contributed by atoms with Gasteiger partial charge in [-0.2, -0.15) is 0 Å². The molecule has 1 unspecified atom stereocenters. The Bertz CT molecular complexity index is 498. The van der Waals surface area contributed by atoms with Gasteiger partial charge in [-0.25, -0.2) is 0 Å². The first-order valence-electron chi connectivity index (χ1n) is 9.36. The monoisotopic (exact) mass is 302 g/mol. The Morgan fingerprint density at radius 1 is 1.09 bits per heavy atom. The van der Waals surface area contributed by atoms with Crippen LogP contribution in [0, 0.1) is 35.0 Å². The maximum atomic E-state index is 11.8. The second kappa shape index (κ2) is 4.93. The predicted octanol–water partition coefficient (Wildman–Crippen LogP) is 4.13. The van der Waals surface area contributed by atoms with Crippen molar-refractivity contribution in [3.8, 4) is 0 Å². The van der Waals surface area contributed by atoms with Crippen molar-refractivity contribution in [2.45, 2.75) is 70.3 Å². The van der Waals surface area contributed by atoms with E-state index in [0.29, 0.717) is 17.6 Å².